The highest BCUT2D eigenvalue weighted by Crippen LogP contribution is 2.14. The molecule has 0 aliphatic carbocycles. The molecular weight excluding hydrogens is 230 g/mol. The van der Waals surface area contributed by atoms with E-state index >= 15 is 0 Å². The maximum Gasteiger partial charge on any atom is 0.208 e. The van der Waals surface area contributed by atoms with Crippen LogP contribution in [0.1, 0.15) is 12.8 Å². The second kappa shape index (κ2) is 8.29. The predicted octanol–water partition coefficient (Wildman–Crippen LogP) is -0.274. The minimum atomic E-state index is 0.706. The monoisotopic (exact) mass is 257 g/mol. The quantitative estimate of drug-likeness (QED) is 0.225. The van der Waals surface area contributed by atoms with Gasteiger partial charge in [-0.05, 0) is 32.4 Å². The summed E-state index contributed by atoms with van der Waals surface area (Å²) in [6, 6.07) is 0. The van der Waals surface area contributed by atoms with Gasteiger partial charge in [-0.15, -0.1) is 0 Å². The molecule has 1 heterocycles. The van der Waals surface area contributed by atoms with Crippen molar-refractivity contribution in [2.75, 3.05) is 54.0 Å². The van der Waals surface area contributed by atoms with E-state index in [0.29, 0.717) is 5.92 Å². The van der Waals surface area contributed by atoms with Gasteiger partial charge in [0.1, 0.15) is 0 Å². The van der Waals surface area contributed by atoms with E-state index in [1.54, 1.807) is 7.11 Å². The smallest absolute Gasteiger partial charge is 0.208 e. The minimum Gasteiger partial charge on any atom is -0.385 e. The van der Waals surface area contributed by atoms with Gasteiger partial charge < -0.3 is 14.5 Å². The van der Waals surface area contributed by atoms with Crippen LogP contribution in [0.5, 0.6) is 0 Å². The van der Waals surface area contributed by atoms with Gasteiger partial charge in [0, 0.05) is 40.4 Å². The number of guanidine groups is 1. The van der Waals surface area contributed by atoms with Crippen LogP contribution in [0.3, 0.4) is 0 Å². The Bertz CT molecular complexity index is 259. The van der Waals surface area contributed by atoms with E-state index in [4.69, 9.17) is 10.6 Å². The molecule has 0 aromatic carbocycles. The van der Waals surface area contributed by atoms with Gasteiger partial charge in [0.25, 0.3) is 0 Å². The zero-order valence-corrected chi connectivity index (χ0v) is 11.9. The largest absolute Gasteiger partial charge is 0.385 e. The highest BCUT2D eigenvalue weighted by atomic mass is 16.5. The van der Waals surface area contributed by atoms with Crippen molar-refractivity contribution in [1.82, 2.24) is 15.2 Å². The van der Waals surface area contributed by atoms with Crippen molar-refractivity contribution >= 4 is 5.96 Å². The molecular formula is C12H27N5O. The molecule has 18 heavy (non-hydrogen) atoms. The van der Waals surface area contributed by atoms with Crippen molar-refractivity contribution in [3.63, 3.8) is 0 Å². The average molecular weight is 257 g/mol. The van der Waals surface area contributed by atoms with E-state index in [1.807, 2.05) is 7.05 Å². The maximum atomic E-state index is 5.53. The second-order valence-corrected chi connectivity index (χ2v) is 4.99. The fourth-order valence-corrected chi connectivity index (χ4v) is 2.32. The number of ether oxygens (including phenoxy) is 1. The molecule has 1 fully saturated rings. The average Bonchev–Trinajstić information content (AvgIpc) is 2.75. The van der Waals surface area contributed by atoms with Crippen LogP contribution in [0, 0.1) is 5.92 Å². The topological polar surface area (TPSA) is 66.1 Å². The van der Waals surface area contributed by atoms with Crippen molar-refractivity contribution in [2.45, 2.75) is 12.8 Å². The molecule has 6 nitrogen and oxygen atoms in total. The van der Waals surface area contributed by atoms with Crippen LogP contribution in [0.25, 0.3) is 0 Å². The number of nitrogens with two attached hydrogens (primary N) is 1. The molecule has 0 spiro atoms. The highest BCUT2D eigenvalue weighted by Gasteiger charge is 2.21. The van der Waals surface area contributed by atoms with E-state index in [-0.39, 0.29) is 0 Å². The van der Waals surface area contributed by atoms with Crippen LogP contribution in [0.15, 0.2) is 4.99 Å². The van der Waals surface area contributed by atoms with Gasteiger partial charge in [0.2, 0.25) is 5.96 Å². The van der Waals surface area contributed by atoms with Gasteiger partial charge in [-0.2, -0.15) is 0 Å². The Morgan fingerprint density at radius 2 is 2.39 bits per heavy atom. The molecule has 3 N–H and O–H groups in total. The summed E-state index contributed by atoms with van der Waals surface area (Å²) in [5.41, 5.74) is 2.69. The third-order valence-corrected chi connectivity index (χ3v) is 3.28. The normalized spacial score (nSPS) is 21.3. The third kappa shape index (κ3) is 5.20. The molecule has 1 atom stereocenters. The van der Waals surface area contributed by atoms with E-state index in [1.165, 1.54) is 13.0 Å². The van der Waals surface area contributed by atoms with Crippen molar-refractivity contribution in [1.29, 1.82) is 0 Å². The molecule has 1 rings (SSSR count). The summed E-state index contributed by atoms with van der Waals surface area (Å²) in [5, 5.41) is 0. The van der Waals surface area contributed by atoms with Crippen LogP contribution >= 0.6 is 0 Å². The van der Waals surface area contributed by atoms with Gasteiger partial charge in [0.05, 0.1) is 0 Å². The molecule has 0 aromatic rings. The van der Waals surface area contributed by atoms with Crippen LogP contribution in [-0.2, 0) is 4.74 Å². The van der Waals surface area contributed by atoms with Gasteiger partial charge >= 0.3 is 0 Å². The number of hydrogen-bond donors (Lipinski definition) is 2. The van der Waals surface area contributed by atoms with E-state index in [2.05, 4.69) is 27.3 Å². The van der Waals surface area contributed by atoms with Crippen LogP contribution in [-0.4, -0.2) is 69.8 Å². The Kier molecular flexibility index (Phi) is 7.00. The van der Waals surface area contributed by atoms with Crippen LogP contribution in [0.4, 0.5) is 0 Å². The van der Waals surface area contributed by atoms with Crippen molar-refractivity contribution in [3.05, 3.63) is 0 Å². The minimum absolute atomic E-state index is 0.706. The molecule has 6 heteroatoms. The van der Waals surface area contributed by atoms with Crippen LogP contribution < -0.4 is 11.3 Å². The molecule has 0 amide bonds. The maximum absolute atomic E-state index is 5.53. The molecule has 106 valence electrons. The number of rotatable bonds is 6. The number of hydrogen-bond acceptors (Lipinski definition) is 4. The van der Waals surface area contributed by atoms with Crippen molar-refractivity contribution in [2.24, 2.45) is 16.8 Å². The molecule has 1 aliphatic rings. The number of nitrogens with one attached hydrogen (secondary N) is 1. The third-order valence-electron chi connectivity index (χ3n) is 3.28. The van der Waals surface area contributed by atoms with Gasteiger partial charge in [0.15, 0.2) is 0 Å². The zero-order valence-electron chi connectivity index (χ0n) is 11.9. The lowest BCUT2D eigenvalue weighted by Crippen LogP contribution is -2.45. The second-order valence-electron chi connectivity index (χ2n) is 4.99. The highest BCUT2D eigenvalue weighted by molar-refractivity contribution is 5.79. The fourth-order valence-electron chi connectivity index (χ4n) is 2.32. The van der Waals surface area contributed by atoms with E-state index in [0.717, 1.165) is 38.6 Å². The predicted molar refractivity (Wildman–Crippen MR) is 74.4 cm³/mol. The first kappa shape index (κ1) is 15.2. The molecule has 0 radical (unpaired) electrons. The van der Waals surface area contributed by atoms with Crippen LogP contribution in [0.2, 0.25) is 0 Å². The number of likely N-dealkylation sites (tertiary alicyclic amines) is 1. The van der Waals surface area contributed by atoms with Gasteiger partial charge in [-0.25, -0.2) is 5.84 Å². The molecule has 0 aromatic heterocycles. The molecule has 1 saturated heterocycles. The first-order valence-corrected chi connectivity index (χ1v) is 6.57. The summed E-state index contributed by atoms with van der Waals surface area (Å²) in [4.78, 5) is 8.93. The number of methoxy groups -OCH3 is 1. The fraction of sp³-hybridized carbons (Fsp3) is 0.917. The van der Waals surface area contributed by atoms with E-state index < -0.39 is 0 Å². The van der Waals surface area contributed by atoms with E-state index in [9.17, 15) is 0 Å². The van der Waals surface area contributed by atoms with Gasteiger partial charge in [-0.3, -0.25) is 10.4 Å². The molecule has 1 unspecified atom stereocenters. The summed E-state index contributed by atoms with van der Waals surface area (Å²) in [6.45, 7) is 4.82. The molecule has 0 bridgehead atoms. The Morgan fingerprint density at radius 1 is 1.61 bits per heavy atom. The Balaban J connectivity index is 2.33. The SMILES string of the molecule is COCCCN=C(NN)N(C)CC1CCN(C)C1. The van der Waals surface area contributed by atoms with Crippen molar-refractivity contribution in [3.8, 4) is 0 Å². The lowest BCUT2D eigenvalue weighted by Gasteiger charge is -2.24. The first-order valence-electron chi connectivity index (χ1n) is 6.57. The molecule has 0 saturated carbocycles. The summed E-state index contributed by atoms with van der Waals surface area (Å²) < 4.78 is 5.00. The number of aliphatic imine (C=N–C) groups is 1. The zero-order chi connectivity index (χ0) is 13.4. The van der Waals surface area contributed by atoms with Gasteiger partial charge in [-0.1, -0.05) is 0 Å². The lowest BCUT2D eigenvalue weighted by molar-refractivity contribution is 0.197. The Hall–Kier alpha value is -0.850. The summed E-state index contributed by atoms with van der Waals surface area (Å²) in [7, 11) is 5.91. The first-order chi connectivity index (χ1) is 8.67. The number of hydrazine groups is 1. The summed E-state index contributed by atoms with van der Waals surface area (Å²) in [6.07, 6.45) is 2.17. The van der Waals surface area contributed by atoms with Crippen molar-refractivity contribution < 1.29 is 4.74 Å². The standard InChI is InChI=1S/C12H27N5O/c1-16-7-5-11(9-16)10-17(2)12(15-13)14-6-4-8-18-3/h11H,4-10,13H2,1-3H3,(H,14,15). The Morgan fingerprint density at radius 3 is 2.94 bits per heavy atom. The Labute approximate surface area is 110 Å². The number of nitrogens with zero attached hydrogens (tertiary/aromatic N) is 3. The summed E-state index contributed by atoms with van der Waals surface area (Å²) >= 11 is 0. The summed E-state index contributed by atoms with van der Waals surface area (Å²) in [5.74, 6) is 7.00. The lowest BCUT2D eigenvalue weighted by atomic mass is 10.1. The molecule has 1 aliphatic heterocycles.